The maximum atomic E-state index is 11.9. The largest absolute Gasteiger partial charge is 0.465 e. The Morgan fingerprint density at radius 2 is 1.57 bits per heavy atom. The van der Waals surface area contributed by atoms with Crippen LogP contribution in [0.2, 0.25) is 0 Å². The summed E-state index contributed by atoms with van der Waals surface area (Å²) < 4.78 is 15.4. The summed E-state index contributed by atoms with van der Waals surface area (Å²) in [4.78, 5) is 27.8. The minimum Gasteiger partial charge on any atom is -0.465 e. The van der Waals surface area contributed by atoms with Crippen molar-refractivity contribution >= 4 is 11.9 Å². The second-order valence-corrected chi connectivity index (χ2v) is 6.01. The third kappa shape index (κ3) is 4.63. The van der Waals surface area contributed by atoms with Crippen LogP contribution in [0.3, 0.4) is 0 Å². The highest BCUT2D eigenvalue weighted by Gasteiger charge is 2.16. The molecule has 3 rings (SSSR count). The van der Waals surface area contributed by atoms with Crippen LogP contribution in [0.1, 0.15) is 32.0 Å². The van der Waals surface area contributed by atoms with Gasteiger partial charge in [-0.3, -0.25) is 4.98 Å². The zero-order valence-electron chi connectivity index (χ0n) is 15.6. The zero-order chi connectivity index (χ0) is 19.9. The van der Waals surface area contributed by atoms with Crippen molar-refractivity contribution in [3.05, 3.63) is 77.3 Å². The Kier molecular flexibility index (Phi) is 6.18. The van der Waals surface area contributed by atoms with Gasteiger partial charge in [-0.15, -0.1) is 0 Å². The second-order valence-electron chi connectivity index (χ2n) is 6.01. The number of benzene rings is 1. The summed E-state index contributed by atoms with van der Waals surface area (Å²) in [5.74, 6) is 0.180. The second kappa shape index (κ2) is 8.96. The maximum Gasteiger partial charge on any atom is 0.337 e. The van der Waals surface area contributed by atoms with Crippen LogP contribution in [0.5, 0.6) is 0 Å². The summed E-state index contributed by atoms with van der Waals surface area (Å²) in [6.07, 6.45) is 3.49. The van der Waals surface area contributed by atoms with Crippen molar-refractivity contribution in [1.82, 2.24) is 10.3 Å². The number of nitrogens with zero attached hydrogens (tertiary/aromatic N) is 1. The zero-order valence-corrected chi connectivity index (χ0v) is 15.6. The predicted octanol–water partition coefficient (Wildman–Crippen LogP) is 3.20. The molecule has 0 bridgehead atoms. The molecule has 0 atom stereocenters. The number of methoxy groups -OCH3 is 2. The Bertz CT molecular complexity index is 932. The van der Waals surface area contributed by atoms with E-state index in [1.54, 1.807) is 30.6 Å². The summed E-state index contributed by atoms with van der Waals surface area (Å²) in [7, 11) is 2.57. The highest BCUT2D eigenvalue weighted by Crippen LogP contribution is 2.25. The third-order valence-corrected chi connectivity index (χ3v) is 4.10. The van der Waals surface area contributed by atoms with Gasteiger partial charge in [-0.25, -0.2) is 9.59 Å². The molecule has 0 aliphatic carbocycles. The highest BCUT2D eigenvalue weighted by atomic mass is 16.5. The number of hydrogen-bond donors (Lipinski definition) is 1. The van der Waals surface area contributed by atoms with E-state index < -0.39 is 11.9 Å². The van der Waals surface area contributed by atoms with Gasteiger partial charge in [0.15, 0.2) is 0 Å². The van der Waals surface area contributed by atoms with Gasteiger partial charge in [0.1, 0.15) is 11.5 Å². The molecule has 144 valence electrons. The average molecular weight is 380 g/mol. The van der Waals surface area contributed by atoms with E-state index in [1.165, 1.54) is 20.3 Å². The standard InChI is InChI=1S/C21H20N2O5/c1-26-20(24)16-9-15(10-17(11-16)21(25)27-2)19-4-3-18(28-19)13-23-12-14-5-7-22-8-6-14/h3-11,23H,12-13H2,1-2H3. The first kappa shape index (κ1) is 19.3. The number of pyridine rings is 1. The molecule has 28 heavy (non-hydrogen) atoms. The maximum absolute atomic E-state index is 11.9. The van der Waals surface area contributed by atoms with E-state index in [9.17, 15) is 9.59 Å². The summed E-state index contributed by atoms with van der Waals surface area (Å²) in [6.45, 7) is 1.21. The van der Waals surface area contributed by atoms with Crippen LogP contribution in [-0.4, -0.2) is 31.1 Å². The van der Waals surface area contributed by atoms with Crippen LogP contribution in [-0.2, 0) is 22.6 Å². The van der Waals surface area contributed by atoms with Crippen LogP contribution in [0.15, 0.2) is 59.3 Å². The molecule has 2 heterocycles. The fraction of sp³-hybridized carbons (Fsp3) is 0.190. The fourth-order valence-corrected chi connectivity index (χ4v) is 2.70. The van der Waals surface area contributed by atoms with Gasteiger partial charge in [-0.2, -0.15) is 0 Å². The van der Waals surface area contributed by atoms with Gasteiger partial charge < -0.3 is 19.2 Å². The molecule has 0 saturated heterocycles. The van der Waals surface area contributed by atoms with Gasteiger partial charge >= 0.3 is 11.9 Å². The summed E-state index contributed by atoms with van der Waals surface area (Å²) in [6, 6.07) is 12.2. The third-order valence-electron chi connectivity index (χ3n) is 4.10. The van der Waals surface area contributed by atoms with Crippen molar-refractivity contribution in [3.63, 3.8) is 0 Å². The van der Waals surface area contributed by atoms with Crippen molar-refractivity contribution in [2.45, 2.75) is 13.1 Å². The van der Waals surface area contributed by atoms with Crippen molar-refractivity contribution in [2.24, 2.45) is 0 Å². The van der Waals surface area contributed by atoms with Crippen LogP contribution < -0.4 is 5.32 Å². The summed E-state index contributed by atoms with van der Waals surface area (Å²) in [5, 5.41) is 3.29. The average Bonchev–Trinajstić information content (AvgIpc) is 3.22. The number of nitrogens with one attached hydrogen (secondary N) is 1. The van der Waals surface area contributed by atoms with Crippen LogP contribution >= 0.6 is 0 Å². The van der Waals surface area contributed by atoms with E-state index in [2.05, 4.69) is 10.3 Å². The fourth-order valence-electron chi connectivity index (χ4n) is 2.70. The number of aromatic nitrogens is 1. The monoisotopic (exact) mass is 380 g/mol. The van der Waals surface area contributed by atoms with Gasteiger partial charge in [0.25, 0.3) is 0 Å². The lowest BCUT2D eigenvalue weighted by Gasteiger charge is -2.07. The number of furan rings is 1. The number of hydrogen-bond acceptors (Lipinski definition) is 7. The number of ether oxygens (including phenoxy) is 2. The van der Waals surface area contributed by atoms with Crippen molar-refractivity contribution < 1.29 is 23.5 Å². The molecule has 0 unspecified atom stereocenters. The Balaban J connectivity index is 1.77. The van der Waals surface area contributed by atoms with Crippen LogP contribution in [0.4, 0.5) is 0 Å². The molecule has 7 heteroatoms. The molecule has 0 spiro atoms. The number of carbonyl (C=O) groups excluding carboxylic acids is 2. The van der Waals surface area contributed by atoms with E-state index in [1.807, 2.05) is 18.2 Å². The quantitative estimate of drug-likeness (QED) is 0.629. The molecule has 0 saturated carbocycles. The SMILES string of the molecule is COC(=O)c1cc(C(=O)OC)cc(-c2ccc(CNCc3ccncc3)o2)c1. The van der Waals surface area contributed by atoms with Crippen molar-refractivity contribution in [1.29, 1.82) is 0 Å². The molecule has 3 aromatic rings. The van der Waals surface area contributed by atoms with Crippen LogP contribution in [0, 0.1) is 0 Å². The molecule has 0 amide bonds. The minimum atomic E-state index is -0.544. The Morgan fingerprint density at radius 3 is 2.18 bits per heavy atom. The Hall–Kier alpha value is -3.45. The lowest BCUT2D eigenvalue weighted by atomic mass is 10.0. The lowest BCUT2D eigenvalue weighted by Crippen LogP contribution is -2.11. The van der Waals surface area contributed by atoms with E-state index in [0.717, 1.165) is 11.3 Å². The van der Waals surface area contributed by atoms with E-state index in [0.29, 0.717) is 24.4 Å². The molecule has 1 aromatic carbocycles. The predicted molar refractivity (Wildman–Crippen MR) is 102 cm³/mol. The molecule has 7 nitrogen and oxygen atoms in total. The minimum absolute atomic E-state index is 0.245. The summed E-state index contributed by atoms with van der Waals surface area (Å²) in [5.41, 5.74) is 2.20. The molecule has 0 aliphatic heterocycles. The van der Waals surface area contributed by atoms with E-state index in [4.69, 9.17) is 13.9 Å². The Labute approximate surface area is 162 Å². The number of rotatable bonds is 7. The molecule has 0 aliphatic rings. The van der Waals surface area contributed by atoms with Gasteiger partial charge in [0, 0.05) is 24.5 Å². The molecule has 0 radical (unpaired) electrons. The van der Waals surface area contributed by atoms with E-state index in [-0.39, 0.29) is 11.1 Å². The lowest BCUT2D eigenvalue weighted by molar-refractivity contribution is 0.0599. The van der Waals surface area contributed by atoms with E-state index >= 15 is 0 Å². The van der Waals surface area contributed by atoms with Crippen molar-refractivity contribution in [3.8, 4) is 11.3 Å². The first-order chi connectivity index (χ1) is 13.6. The van der Waals surface area contributed by atoms with Crippen LogP contribution in [0.25, 0.3) is 11.3 Å². The van der Waals surface area contributed by atoms with Gasteiger partial charge in [-0.1, -0.05) is 0 Å². The molecular formula is C21H20N2O5. The smallest absolute Gasteiger partial charge is 0.337 e. The molecule has 2 aromatic heterocycles. The molecule has 1 N–H and O–H groups in total. The molecular weight excluding hydrogens is 360 g/mol. The molecule has 0 fully saturated rings. The normalized spacial score (nSPS) is 10.5. The number of carbonyl (C=O) groups is 2. The first-order valence-electron chi connectivity index (χ1n) is 8.61. The number of esters is 2. The first-order valence-corrected chi connectivity index (χ1v) is 8.61. The van der Waals surface area contributed by atoms with Gasteiger partial charge in [0.2, 0.25) is 0 Å². The highest BCUT2D eigenvalue weighted by molar-refractivity contribution is 5.97. The Morgan fingerprint density at radius 1 is 0.929 bits per heavy atom. The summed E-state index contributed by atoms with van der Waals surface area (Å²) >= 11 is 0. The van der Waals surface area contributed by atoms with Crippen molar-refractivity contribution in [2.75, 3.05) is 14.2 Å². The van der Waals surface area contributed by atoms with Gasteiger partial charge in [-0.05, 0) is 48.0 Å². The topological polar surface area (TPSA) is 90.7 Å². The van der Waals surface area contributed by atoms with Gasteiger partial charge in [0.05, 0.1) is 31.9 Å².